The molecule has 0 spiro atoms. The molecular weight excluding hydrogens is 1120 g/mol. The van der Waals surface area contributed by atoms with Crippen LogP contribution in [0.15, 0.2) is 206 Å². The zero-order valence-corrected chi connectivity index (χ0v) is 43.4. The summed E-state index contributed by atoms with van der Waals surface area (Å²) in [4.78, 5) is 0. The third kappa shape index (κ3) is 42.0. The van der Waals surface area contributed by atoms with E-state index < -0.39 is 31.5 Å². The average Bonchev–Trinajstić information content (AvgIpc) is 3.30. The largest absolute Gasteiger partial charge is 2.00 e. The number of nitrogens with one attached hydrogen (secondary N) is 2. The van der Waals surface area contributed by atoms with Crippen LogP contribution in [-0.2, 0) is 19.5 Å². The van der Waals surface area contributed by atoms with E-state index in [0.717, 1.165) is 14.2 Å². The first-order valence-corrected chi connectivity index (χ1v) is 26.2. The number of aliphatic hydroxyl groups is 2. The second-order valence-electron chi connectivity index (χ2n) is 12.6. The molecule has 6 nitrogen and oxygen atoms in total. The number of hydrogen-bond acceptors (Lipinski definition) is 6. The number of aliphatic hydroxyl groups excluding tert-OH is 2. The summed E-state index contributed by atoms with van der Waals surface area (Å²) < 4.78 is 118. The second-order valence-corrected chi connectivity index (χ2v) is 20.9. The zero-order valence-electron chi connectivity index (χ0n) is 38.1. The van der Waals surface area contributed by atoms with Crippen molar-refractivity contribution in [3.63, 3.8) is 0 Å². The molecule has 0 fully saturated rings. The van der Waals surface area contributed by atoms with Crippen molar-refractivity contribution in [2.75, 3.05) is 14.2 Å². The smallest absolute Gasteiger partial charge is 0.299 e. The van der Waals surface area contributed by atoms with Crippen molar-refractivity contribution >= 4 is 74.7 Å². The van der Waals surface area contributed by atoms with E-state index in [0.29, 0.717) is 0 Å². The normalized spacial score (nSPS) is 12.6. The van der Waals surface area contributed by atoms with Gasteiger partial charge in [0.15, 0.2) is 0 Å². The van der Waals surface area contributed by atoms with Crippen molar-refractivity contribution in [1.82, 2.24) is 0 Å². The van der Waals surface area contributed by atoms with Gasteiger partial charge in [0.2, 0.25) is 0 Å². The molecular formula is C48H50F12N4O2P4Ru. The second kappa shape index (κ2) is 31.8. The molecule has 23 heteroatoms. The van der Waals surface area contributed by atoms with E-state index in [1.807, 2.05) is 0 Å². The Balaban J connectivity index is -0.000000823. The third-order valence-electron chi connectivity index (χ3n) is 7.01. The maximum Gasteiger partial charge on any atom is 2.00 e. The number of halogens is 12. The van der Waals surface area contributed by atoms with Crippen LogP contribution < -0.4 is 31.8 Å². The molecule has 0 atom stereocenters. The van der Waals surface area contributed by atoms with Gasteiger partial charge in [-0.25, -0.2) is 0 Å². The van der Waals surface area contributed by atoms with Crippen LogP contribution in [-0.4, -0.2) is 35.9 Å². The molecule has 0 aliphatic heterocycles. The van der Waals surface area contributed by atoms with Gasteiger partial charge in [-0.1, -0.05) is 194 Å². The Kier molecular flexibility index (Phi) is 31.3. The Bertz CT molecular complexity index is 2160. The molecule has 386 valence electrons. The molecule has 7 rings (SSSR count). The number of benzene rings is 6. The SMILES string of the molecule is CC#N.CC#N.CO.CO.F[P-](F)(F)(F)(F)F.F[P-](F)(F)(F)(F)F.N=C1C=CC=CC1=N.[Ru+2].c1ccc(P(c2ccccc2)c2ccccc2)cc1.c1ccc(P(c2ccccc2)c2ccccc2)cc1. The molecule has 0 bridgehead atoms. The van der Waals surface area contributed by atoms with Gasteiger partial charge in [-0.15, -0.1) is 0 Å². The van der Waals surface area contributed by atoms with Gasteiger partial charge in [0, 0.05) is 28.1 Å². The van der Waals surface area contributed by atoms with Crippen molar-refractivity contribution in [1.29, 1.82) is 21.3 Å². The van der Waals surface area contributed by atoms with Crippen LogP contribution in [0.2, 0.25) is 0 Å². The molecule has 71 heavy (non-hydrogen) atoms. The van der Waals surface area contributed by atoms with E-state index >= 15 is 0 Å². The van der Waals surface area contributed by atoms with Crippen LogP contribution in [0.3, 0.4) is 0 Å². The van der Waals surface area contributed by atoms with Crippen molar-refractivity contribution in [2.45, 2.75) is 13.8 Å². The van der Waals surface area contributed by atoms with Crippen molar-refractivity contribution in [3.05, 3.63) is 206 Å². The van der Waals surface area contributed by atoms with E-state index in [1.54, 1.807) is 36.4 Å². The van der Waals surface area contributed by atoms with Gasteiger partial charge in [-0.2, -0.15) is 10.5 Å². The standard InChI is InChI=1S/2C18H15P.C6H6N2.2C2H3N.2CH4O.2F6P.Ru/c2*1-4-10-16(11-5-1)19(17-12-6-2-7-13-17)18-14-8-3-9-15-18;7-5-3-1-2-4-6(5)8;2*1-2-3;2*1-2;2*1-7(2,3,4,5)6;/h2*1-15H;1-4,7-8H;2*1H3;2*2H,1H3;;;/q;;;;;;;2*-1;+2. The minimum Gasteiger partial charge on any atom is -0.299 e. The van der Waals surface area contributed by atoms with Gasteiger partial charge in [-0.05, 0) is 59.8 Å². The van der Waals surface area contributed by atoms with Crippen LogP contribution in [0.4, 0.5) is 50.4 Å². The first kappa shape index (κ1) is 69.8. The molecule has 0 heterocycles. The minimum absolute atomic E-state index is 0. The molecule has 1 aliphatic rings. The van der Waals surface area contributed by atoms with E-state index in [-0.39, 0.29) is 30.9 Å². The van der Waals surface area contributed by atoms with Gasteiger partial charge in [0.25, 0.3) is 0 Å². The third-order valence-corrected chi connectivity index (χ3v) is 11.9. The van der Waals surface area contributed by atoms with Gasteiger partial charge in [0.05, 0.1) is 23.6 Å². The maximum atomic E-state index is 9.87. The summed E-state index contributed by atoms with van der Waals surface area (Å²) in [6.45, 7) is 2.86. The van der Waals surface area contributed by atoms with Gasteiger partial charge in [-0.3, -0.25) is 10.8 Å². The quantitative estimate of drug-likeness (QED) is 0.0571. The Labute approximate surface area is 420 Å². The number of allylic oxidation sites excluding steroid dienone is 4. The fourth-order valence-corrected chi connectivity index (χ4v) is 9.45. The fourth-order valence-electron chi connectivity index (χ4n) is 4.84. The monoisotopic (exact) mass is 1170 g/mol. The predicted octanol–water partition coefficient (Wildman–Crippen LogP) is 15.1. The van der Waals surface area contributed by atoms with Crippen LogP contribution in [0.1, 0.15) is 13.8 Å². The summed E-state index contributed by atoms with van der Waals surface area (Å²) in [7, 11) is -20.2. The summed E-state index contributed by atoms with van der Waals surface area (Å²) in [5, 5.41) is 51.1. The fraction of sp³-hybridized carbons (Fsp3) is 0.0833. The van der Waals surface area contributed by atoms with Crippen molar-refractivity contribution < 1.29 is 80.1 Å². The number of rotatable bonds is 6. The summed E-state index contributed by atoms with van der Waals surface area (Å²) in [5.41, 5.74) is 0.569. The molecule has 6 aromatic rings. The Morgan fingerprint density at radius 3 is 0.563 bits per heavy atom. The summed E-state index contributed by atoms with van der Waals surface area (Å²) in [6.07, 6.45) is 6.70. The molecule has 1 aliphatic carbocycles. The van der Waals surface area contributed by atoms with Crippen molar-refractivity contribution in [3.8, 4) is 12.1 Å². The van der Waals surface area contributed by atoms with E-state index in [4.69, 9.17) is 31.6 Å². The average molecular weight is 1170 g/mol. The van der Waals surface area contributed by atoms with Gasteiger partial charge >= 0.3 is 85.5 Å². The molecule has 0 radical (unpaired) electrons. The van der Waals surface area contributed by atoms with Crippen LogP contribution in [0.25, 0.3) is 0 Å². The Morgan fingerprint density at radius 1 is 0.352 bits per heavy atom. The molecule has 6 aromatic carbocycles. The maximum absolute atomic E-state index is 10.7. The van der Waals surface area contributed by atoms with E-state index in [1.165, 1.54) is 45.7 Å². The topological polar surface area (TPSA) is 136 Å². The molecule has 4 N–H and O–H groups in total. The minimum atomic E-state index is -10.7. The van der Waals surface area contributed by atoms with E-state index in [2.05, 4.69) is 182 Å². The van der Waals surface area contributed by atoms with Crippen molar-refractivity contribution in [2.24, 2.45) is 0 Å². The first-order valence-electron chi connectivity index (χ1n) is 19.5. The Morgan fingerprint density at radius 2 is 0.465 bits per heavy atom. The van der Waals surface area contributed by atoms with Gasteiger partial charge < -0.3 is 10.2 Å². The van der Waals surface area contributed by atoms with Crippen LogP contribution in [0, 0.1) is 33.5 Å². The Hall–Kier alpha value is -5.46. The molecule has 0 amide bonds. The summed E-state index contributed by atoms with van der Waals surface area (Å²) in [6, 6.07) is 68.2. The molecule has 0 aromatic heterocycles. The summed E-state index contributed by atoms with van der Waals surface area (Å²) in [5.74, 6) is 0. The van der Waals surface area contributed by atoms with Crippen LogP contribution in [0.5, 0.6) is 0 Å². The molecule has 0 unspecified atom stereocenters. The number of nitrogens with zero attached hydrogens (tertiary/aromatic N) is 2. The summed E-state index contributed by atoms with van der Waals surface area (Å²) >= 11 is 0. The van der Waals surface area contributed by atoms with Crippen LogP contribution >= 0.6 is 31.5 Å². The molecule has 0 saturated heterocycles. The van der Waals surface area contributed by atoms with E-state index in [9.17, 15) is 50.4 Å². The predicted molar refractivity (Wildman–Crippen MR) is 270 cm³/mol. The number of nitriles is 2. The number of hydrogen-bond donors (Lipinski definition) is 4. The zero-order chi connectivity index (χ0) is 54.0. The molecule has 0 saturated carbocycles. The first-order chi connectivity index (χ1) is 32.4. The van der Waals surface area contributed by atoms with Gasteiger partial charge in [0.1, 0.15) is 0 Å².